The molecule has 2 atom stereocenters. The predicted octanol–water partition coefficient (Wildman–Crippen LogP) is 0.663. The van der Waals surface area contributed by atoms with Crippen molar-refractivity contribution >= 4 is 27.3 Å². The molecule has 2 N–H and O–H groups in total. The molecule has 6 nitrogen and oxygen atoms in total. The second-order valence-corrected chi connectivity index (χ2v) is 8.14. The molecule has 2 aliphatic heterocycles. The highest BCUT2D eigenvalue weighted by molar-refractivity contribution is 7.91. The number of anilines is 1. The van der Waals surface area contributed by atoms with E-state index in [1.165, 1.54) is 0 Å². The van der Waals surface area contributed by atoms with Gasteiger partial charge in [0.05, 0.1) is 17.4 Å². The highest BCUT2D eigenvalue weighted by Crippen LogP contribution is 2.32. The van der Waals surface area contributed by atoms with Gasteiger partial charge in [-0.25, -0.2) is 8.42 Å². The zero-order valence-corrected chi connectivity index (χ0v) is 12.9. The molecule has 0 aromatic heterocycles. The summed E-state index contributed by atoms with van der Waals surface area (Å²) in [5.74, 6) is -0.601. The van der Waals surface area contributed by atoms with E-state index in [0.29, 0.717) is 18.7 Å². The number of rotatable bonds is 3. The molecular weight excluding hydrogens is 304 g/mol. The van der Waals surface area contributed by atoms with Crippen molar-refractivity contribution < 1.29 is 18.0 Å². The Labute approximate surface area is 129 Å². The second kappa shape index (κ2) is 5.72. The van der Waals surface area contributed by atoms with Crippen LogP contribution in [0, 0.1) is 5.92 Å². The summed E-state index contributed by atoms with van der Waals surface area (Å²) in [4.78, 5) is 24.1. The molecule has 2 heterocycles. The first-order valence-electron chi connectivity index (χ1n) is 7.31. The van der Waals surface area contributed by atoms with E-state index in [4.69, 9.17) is 0 Å². The third kappa shape index (κ3) is 3.14. The van der Waals surface area contributed by atoms with Crippen LogP contribution in [0.15, 0.2) is 24.3 Å². The second-order valence-electron chi connectivity index (χ2n) is 5.91. The van der Waals surface area contributed by atoms with Crippen molar-refractivity contribution in [3.63, 3.8) is 0 Å². The lowest BCUT2D eigenvalue weighted by Crippen LogP contribution is -2.37. The molecule has 0 spiro atoms. The Hall–Kier alpha value is -1.89. The average Bonchev–Trinajstić information content (AvgIpc) is 2.83. The minimum absolute atomic E-state index is 0.0263. The zero-order valence-electron chi connectivity index (χ0n) is 12.0. The molecule has 0 radical (unpaired) electrons. The topological polar surface area (TPSA) is 92.3 Å². The lowest BCUT2D eigenvalue weighted by Gasteiger charge is -2.25. The fraction of sp³-hybridized carbons (Fsp3) is 0.467. The van der Waals surface area contributed by atoms with Gasteiger partial charge in [0.2, 0.25) is 11.8 Å². The molecule has 2 aliphatic rings. The Morgan fingerprint density at radius 1 is 1.32 bits per heavy atom. The number of nitrogens with one attached hydrogen (secondary N) is 2. The summed E-state index contributed by atoms with van der Waals surface area (Å²) in [6.07, 6.45) is 0.705. The van der Waals surface area contributed by atoms with E-state index in [0.717, 1.165) is 5.56 Å². The highest BCUT2D eigenvalue weighted by Gasteiger charge is 2.32. The number of benzene rings is 1. The summed E-state index contributed by atoms with van der Waals surface area (Å²) >= 11 is 0. The van der Waals surface area contributed by atoms with E-state index < -0.39 is 15.8 Å². The number of amides is 2. The van der Waals surface area contributed by atoms with Gasteiger partial charge in [0.1, 0.15) is 0 Å². The Morgan fingerprint density at radius 3 is 2.82 bits per heavy atom. The summed E-state index contributed by atoms with van der Waals surface area (Å²) in [6.45, 7) is 0.346. The number of fused-ring (bicyclic) bond motifs is 1. The van der Waals surface area contributed by atoms with Crippen molar-refractivity contribution in [2.24, 2.45) is 5.92 Å². The minimum atomic E-state index is -2.94. The monoisotopic (exact) mass is 322 g/mol. The summed E-state index contributed by atoms with van der Waals surface area (Å²) in [7, 11) is -2.94. The third-order valence-corrected chi connectivity index (χ3v) is 6.04. The van der Waals surface area contributed by atoms with Gasteiger partial charge in [-0.05, 0) is 24.0 Å². The van der Waals surface area contributed by atoms with Gasteiger partial charge in [0.15, 0.2) is 9.84 Å². The van der Waals surface area contributed by atoms with Crippen molar-refractivity contribution in [1.29, 1.82) is 0 Å². The van der Waals surface area contributed by atoms with Crippen LogP contribution in [0.5, 0.6) is 0 Å². The van der Waals surface area contributed by atoms with Gasteiger partial charge >= 0.3 is 0 Å². The molecule has 22 heavy (non-hydrogen) atoms. The molecule has 3 rings (SSSR count). The van der Waals surface area contributed by atoms with Gasteiger partial charge in [-0.15, -0.1) is 0 Å². The lowest BCUT2D eigenvalue weighted by molar-refractivity contribution is -0.126. The Bertz CT molecular complexity index is 714. The molecule has 1 aromatic carbocycles. The van der Waals surface area contributed by atoms with Gasteiger partial charge in [0, 0.05) is 18.7 Å². The van der Waals surface area contributed by atoms with Crippen LogP contribution < -0.4 is 10.6 Å². The summed E-state index contributed by atoms with van der Waals surface area (Å²) in [5.41, 5.74) is 1.47. The van der Waals surface area contributed by atoms with Gasteiger partial charge in [0.25, 0.3) is 0 Å². The summed E-state index contributed by atoms with van der Waals surface area (Å²) in [5, 5.41) is 5.56. The normalized spacial score (nSPS) is 26.1. The van der Waals surface area contributed by atoms with Crippen molar-refractivity contribution in [3.8, 4) is 0 Å². The first-order valence-corrected chi connectivity index (χ1v) is 9.14. The van der Waals surface area contributed by atoms with Crippen LogP contribution in [0.3, 0.4) is 0 Å². The van der Waals surface area contributed by atoms with Crippen LogP contribution in [0.1, 0.15) is 24.3 Å². The Balaban J connectivity index is 1.67. The van der Waals surface area contributed by atoms with Crippen LogP contribution in [-0.2, 0) is 19.4 Å². The van der Waals surface area contributed by atoms with Gasteiger partial charge in [-0.3, -0.25) is 9.59 Å². The molecule has 0 saturated carbocycles. The van der Waals surface area contributed by atoms with E-state index in [1.54, 1.807) is 6.07 Å². The van der Waals surface area contributed by atoms with E-state index in [2.05, 4.69) is 10.6 Å². The highest BCUT2D eigenvalue weighted by atomic mass is 32.2. The van der Waals surface area contributed by atoms with Crippen LogP contribution in [0.4, 0.5) is 5.69 Å². The first kappa shape index (κ1) is 15.0. The lowest BCUT2D eigenvalue weighted by atomic mass is 9.89. The summed E-state index contributed by atoms with van der Waals surface area (Å²) in [6, 6.07) is 7.25. The fourth-order valence-corrected chi connectivity index (χ4v) is 4.91. The van der Waals surface area contributed by atoms with Crippen LogP contribution in [-0.4, -0.2) is 38.3 Å². The summed E-state index contributed by atoms with van der Waals surface area (Å²) < 4.78 is 22.9. The van der Waals surface area contributed by atoms with Crippen LogP contribution >= 0.6 is 0 Å². The SMILES string of the molecule is O=C1CC(C(=O)NCC2CCS(=O)(=O)C2)c2ccccc2N1. The number of hydrogen-bond donors (Lipinski definition) is 2. The molecule has 1 fully saturated rings. The standard InChI is InChI=1S/C15H18N2O4S/c18-14-7-12(11-3-1-2-4-13(11)17-14)15(19)16-8-10-5-6-22(20,21)9-10/h1-4,10,12H,5-9H2,(H,16,19)(H,17,18). The van der Waals surface area contributed by atoms with E-state index in [1.807, 2.05) is 18.2 Å². The molecule has 2 amide bonds. The molecule has 1 aromatic rings. The molecule has 2 unspecified atom stereocenters. The first-order chi connectivity index (χ1) is 10.4. The van der Waals surface area contributed by atoms with Gasteiger partial charge < -0.3 is 10.6 Å². The predicted molar refractivity (Wildman–Crippen MR) is 82.2 cm³/mol. The van der Waals surface area contributed by atoms with Crippen molar-refractivity contribution in [1.82, 2.24) is 5.32 Å². The quantitative estimate of drug-likeness (QED) is 0.855. The van der Waals surface area contributed by atoms with Crippen molar-refractivity contribution in [3.05, 3.63) is 29.8 Å². The number of para-hydroxylation sites is 1. The van der Waals surface area contributed by atoms with E-state index in [-0.39, 0.29) is 35.7 Å². The smallest absolute Gasteiger partial charge is 0.228 e. The fourth-order valence-electron chi connectivity index (χ4n) is 3.05. The number of sulfone groups is 1. The molecule has 0 bridgehead atoms. The maximum atomic E-state index is 12.4. The van der Waals surface area contributed by atoms with Crippen LogP contribution in [0.25, 0.3) is 0 Å². The Morgan fingerprint density at radius 2 is 2.09 bits per heavy atom. The molecule has 7 heteroatoms. The maximum absolute atomic E-state index is 12.4. The Kier molecular flexibility index (Phi) is 3.90. The maximum Gasteiger partial charge on any atom is 0.228 e. The molecule has 0 aliphatic carbocycles. The largest absolute Gasteiger partial charge is 0.355 e. The van der Waals surface area contributed by atoms with E-state index >= 15 is 0 Å². The average molecular weight is 322 g/mol. The van der Waals surface area contributed by atoms with Crippen molar-refractivity contribution in [2.45, 2.75) is 18.8 Å². The minimum Gasteiger partial charge on any atom is -0.355 e. The molecule has 118 valence electrons. The number of carbonyl (C=O) groups is 2. The van der Waals surface area contributed by atoms with Crippen LogP contribution in [0.2, 0.25) is 0 Å². The van der Waals surface area contributed by atoms with E-state index in [9.17, 15) is 18.0 Å². The van der Waals surface area contributed by atoms with Crippen molar-refractivity contribution in [2.75, 3.05) is 23.4 Å². The molecule has 1 saturated heterocycles. The van der Waals surface area contributed by atoms with Gasteiger partial charge in [-0.2, -0.15) is 0 Å². The zero-order chi connectivity index (χ0) is 15.7. The third-order valence-electron chi connectivity index (χ3n) is 4.21. The van der Waals surface area contributed by atoms with Gasteiger partial charge in [-0.1, -0.05) is 18.2 Å². The number of hydrogen-bond acceptors (Lipinski definition) is 4. The number of carbonyl (C=O) groups excluding carboxylic acids is 2. The molecular formula is C15H18N2O4S.